The normalized spacial score (nSPS) is 20.6. The van der Waals surface area contributed by atoms with E-state index in [4.69, 9.17) is 21.1 Å². The summed E-state index contributed by atoms with van der Waals surface area (Å²) in [5.74, 6) is -0.0651. The van der Waals surface area contributed by atoms with Crippen molar-refractivity contribution in [3.63, 3.8) is 0 Å². The number of hydrogen-bond acceptors (Lipinski definition) is 4. The van der Waals surface area contributed by atoms with Crippen molar-refractivity contribution in [1.82, 2.24) is 0 Å². The molecule has 2 saturated heterocycles. The van der Waals surface area contributed by atoms with Gasteiger partial charge in [0.25, 0.3) is 5.91 Å². The van der Waals surface area contributed by atoms with E-state index in [2.05, 4.69) is 0 Å². The first-order valence-corrected chi connectivity index (χ1v) is 7.42. The minimum atomic E-state index is -0.274. The van der Waals surface area contributed by atoms with Crippen molar-refractivity contribution in [2.75, 3.05) is 18.1 Å². The molecule has 116 valence electrons. The number of ether oxygens (including phenoxy) is 2. The molecule has 2 aliphatic heterocycles. The monoisotopic (exact) mass is 321 g/mol. The van der Waals surface area contributed by atoms with Gasteiger partial charge in [-0.3, -0.25) is 9.59 Å². The van der Waals surface area contributed by atoms with E-state index < -0.39 is 0 Å². The average molecular weight is 322 g/mol. The number of imide groups is 1. The van der Waals surface area contributed by atoms with Crippen LogP contribution in [-0.4, -0.2) is 31.1 Å². The van der Waals surface area contributed by atoms with Crippen molar-refractivity contribution < 1.29 is 19.1 Å². The van der Waals surface area contributed by atoms with Crippen LogP contribution in [-0.2, 0) is 14.3 Å². The third-order valence-corrected chi connectivity index (χ3v) is 3.95. The topological polar surface area (TPSA) is 59.1 Å². The summed E-state index contributed by atoms with van der Waals surface area (Å²) in [4.78, 5) is 25.7. The first-order chi connectivity index (χ1) is 10.5. The van der Waals surface area contributed by atoms with E-state index in [0.29, 0.717) is 35.2 Å². The molecule has 0 spiro atoms. The summed E-state index contributed by atoms with van der Waals surface area (Å²) < 4.78 is 10.7. The summed E-state index contributed by atoms with van der Waals surface area (Å²) in [5, 5.41) is 0.436. The van der Waals surface area contributed by atoms with Crippen molar-refractivity contribution in [3.8, 4) is 5.75 Å². The third kappa shape index (κ3) is 2.87. The summed E-state index contributed by atoms with van der Waals surface area (Å²) in [6, 6.07) is 4.89. The number of hydrogen-bond donors (Lipinski definition) is 0. The van der Waals surface area contributed by atoms with Crippen molar-refractivity contribution >= 4 is 29.1 Å². The predicted octanol–water partition coefficient (Wildman–Crippen LogP) is 2.72. The van der Waals surface area contributed by atoms with Gasteiger partial charge in [-0.15, -0.1) is 0 Å². The number of carbonyl (C=O) groups is 2. The molecule has 0 bridgehead atoms. The number of allylic oxidation sites excluding steroid dienone is 1. The average Bonchev–Trinajstić information content (AvgIpc) is 3.24. The fraction of sp³-hybridized carbons (Fsp3) is 0.375. The van der Waals surface area contributed by atoms with Crippen molar-refractivity contribution in [2.45, 2.75) is 26.4 Å². The smallest absolute Gasteiger partial charge is 0.261 e. The Balaban J connectivity index is 1.87. The van der Waals surface area contributed by atoms with Crippen LogP contribution in [0.25, 0.3) is 0 Å². The molecular formula is C16H16ClNO4. The second-order valence-electron chi connectivity index (χ2n) is 5.57. The molecule has 2 aliphatic rings. The van der Waals surface area contributed by atoms with E-state index in [-0.39, 0.29) is 24.3 Å². The Labute approximate surface area is 133 Å². The molecule has 6 heteroatoms. The molecule has 22 heavy (non-hydrogen) atoms. The van der Waals surface area contributed by atoms with Crippen LogP contribution in [0.2, 0.25) is 5.02 Å². The highest BCUT2D eigenvalue weighted by Crippen LogP contribution is 2.34. The molecule has 0 N–H and O–H groups in total. The highest BCUT2D eigenvalue weighted by molar-refractivity contribution is 6.32. The lowest BCUT2D eigenvalue weighted by Crippen LogP contribution is -2.29. The van der Waals surface area contributed by atoms with Gasteiger partial charge in [0.2, 0.25) is 5.91 Å². The second kappa shape index (κ2) is 5.74. The number of nitrogens with zero attached hydrogens (tertiary/aromatic N) is 1. The van der Waals surface area contributed by atoms with Crippen molar-refractivity contribution in [2.24, 2.45) is 0 Å². The van der Waals surface area contributed by atoms with Gasteiger partial charge in [0.05, 0.1) is 23.7 Å². The van der Waals surface area contributed by atoms with Crippen molar-refractivity contribution in [3.05, 3.63) is 34.4 Å². The molecule has 2 amide bonds. The van der Waals surface area contributed by atoms with E-state index >= 15 is 0 Å². The quantitative estimate of drug-likeness (QED) is 0.486. The lowest BCUT2D eigenvalue weighted by molar-refractivity contribution is -0.120. The number of rotatable bonds is 4. The maximum absolute atomic E-state index is 12.4. The number of amides is 2. The molecule has 1 aromatic carbocycles. The number of anilines is 1. The number of benzene rings is 1. The Kier molecular flexibility index (Phi) is 3.93. The molecule has 1 unspecified atom stereocenters. The first-order valence-electron chi connectivity index (χ1n) is 7.05. The fourth-order valence-electron chi connectivity index (χ4n) is 2.29. The van der Waals surface area contributed by atoms with Crippen LogP contribution in [0, 0.1) is 0 Å². The van der Waals surface area contributed by atoms with Gasteiger partial charge in [0, 0.05) is 11.6 Å². The van der Waals surface area contributed by atoms with Gasteiger partial charge < -0.3 is 9.47 Å². The Morgan fingerprint density at radius 3 is 2.73 bits per heavy atom. The number of epoxide rings is 1. The molecule has 2 heterocycles. The van der Waals surface area contributed by atoms with E-state index in [1.54, 1.807) is 18.2 Å². The zero-order valence-electron chi connectivity index (χ0n) is 12.4. The maximum Gasteiger partial charge on any atom is 0.261 e. The lowest BCUT2D eigenvalue weighted by Gasteiger charge is -2.16. The van der Waals surface area contributed by atoms with Gasteiger partial charge in [-0.05, 0) is 26.0 Å². The minimum absolute atomic E-state index is 0.104. The van der Waals surface area contributed by atoms with E-state index in [1.165, 1.54) is 4.90 Å². The molecule has 0 radical (unpaired) electrons. The van der Waals surface area contributed by atoms with E-state index in [1.807, 2.05) is 13.8 Å². The summed E-state index contributed by atoms with van der Waals surface area (Å²) in [7, 11) is 0. The summed E-state index contributed by atoms with van der Waals surface area (Å²) in [5.41, 5.74) is 1.88. The van der Waals surface area contributed by atoms with Gasteiger partial charge in [-0.25, -0.2) is 4.90 Å². The molecule has 0 aliphatic carbocycles. The lowest BCUT2D eigenvalue weighted by atomic mass is 10.1. The highest BCUT2D eigenvalue weighted by atomic mass is 35.5. The van der Waals surface area contributed by atoms with Gasteiger partial charge in [0.15, 0.2) is 0 Å². The number of halogens is 1. The number of carbonyl (C=O) groups excluding carboxylic acids is 2. The fourth-order valence-corrected chi connectivity index (χ4v) is 2.47. The molecule has 2 fully saturated rings. The Morgan fingerprint density at radius 1 is 1.41 bits per heavy atom. The van der Waals surface area contributed by atoms with Gasteiger partial charge in [-0.1, -0.05) is 17.2 Å². The minimum Gasteiger partial charge on any atom is -0.489 e. The zero-order valence-corrected chi connectivity index (χ0v) is 13.1. The third-order valence-electron chi connectivity index (χ3n) is 3.64. The molecule has 1 atom stereocenters. The summed E-state index contributed by atoms with van der Waals surface area (Å²) in [6.07, 6.45) is 0.239. The van der Waals surface area contributed by atoms with Crippen LogP contribution >= 0.6 is 11.6 Å². The first kappa shape index (κ1) is 15.1. The van der Waals surface area contributed by atoms with Crippen LogP contribution < -0.4 is 9.64 Å². The largest absolute Gasteiger partial charge is 0.489 e. The van der Waals surface area contributed by atoms with Gasteiger partial charge in [0.1, 0.15) is 18.5 Å². The van der Waals surface area contributed by atoms with E-state index in [9.17, 15) is 9.59 Å². The highest BCUT2D eigenvalue weighted by Gasteiger charge is 2.36. The van der Waals surface area contributed by atoms with Crippen LogP contribution in [0.3, 0.4) is 0 Å². The Morgan fingerprint density at radius 2 is 2.14 bits per heavy atom. The molecule has 5 nitrogen and oxygen atoms in total. The second-order valence-corrected chi connectivity index (χ2v) is 5.98. The standard InChI is InChI=1S/C16H16ClNO4/c1-9(2)12-6-15(19)18(16(12)20)10-3-4-13(17)14(5-10)22-8-11-7-21-11/h3-5,11H,6-8H2,1-2H3. The zero-order chi connectivity index (χ0) is 15.9. The van der Waals surface area contributed by atoms with Gasteiger partial charge in [-0.2, -0.15) is 0 Å². The molecule has 0 aromatic heterocycles. The van der Waals surface area contributed by atoms with Crippen LogP contribution in [0.5, 0.6) is 5.75 Å². The molecule has 1 aromatic rings. The SMILES string of the molecule is CC(C)=C1CC(=O)N(c2ccc(Cl)c(OCC3CO3)c2)C1=O. The predicted molar refractivity (Wildman–Crippen MR) is 82.2 cm³/mol. The van der Waals surface area contributed by atoms with Gasteiger partial charge >= 0.3 is 0 Å². The Bertz CT molecular complexity index is 675. The van der Waals surface area contributed by atoms with Crippen LogP contribution in [0.1, 0.15) is 20.3 Å². The van der Waals surface area contributed by atoms with Crippen molar-refractivity contribution in [1.29, 1.82) is 0 Å². The summed E-state index contributed by atoms with van der Waals surface area (Å²) in [6.45, 7) is 4.75. The Hall–Kier alpha value is -1.85. The van der Waals surface area contributed by atoms with Crippen LogP contribution in [0.4, 0.5) is 5.69 Å². The molecule has 0 saturated carbocycles. The van der Waals surface area contributed by atoms with Crippen LogP contribution in [0.15, 0.2) is 29.3 Å². The molecule has 3 rings (SSSR count). The molecular weight excluding hydrogens is 306 g/mol. The van der Waals surface area contributed by atoms with E-state index in [0.717, 1.165) is 5.57 Å². The maximum atomic E-state index is 12.4. The summed E-state index contributed by atoms with van der Waals surface area (Å²) >= 11 is 6.10.